The summed E-state index contributed by atoms with van der Waals surface area (Å²) in [4.78, 5) is 15.8. The number of aliphatic hydroxyl groups is 1. The maximum absolute atomic E-state index is 11.6. The van der Waals surface area contributed by atoms with Crippen molar-refractivity contribution in [2.24, 2.45) is 0 Å². The van der Waals surface area contributed by atoms with Crippen LogP contribution >= 0.6 is 0 Å². The van der Waals surface area contributed by atoms with Crippen molar-refractivity contribution in [3.05, 3.63) is 66.0 Å². The largest absolute Gasteiger partial charge is 0.487 e. The van der Waals surface area contributed by atoms with Crippen LogP contribution in [0.5, 0.6) is 5.75 Å². The molecule has 0 radical (unpaired) electrons. The average Bonchev–Trinajstić information content (AvgIpc) is 2.59. The molecule has 0 bridgehead atoms. The van der Waals surface area contributed by atoms with E-state index in [0.717, 1.165) is 17.0 Å². The fourth-order valence-electron chi connectivity index (χ4n) is 1.95. The van der Waals surface area contributed by atoms with Crippen LogP contribution in [-0.2, 0) is 11.4 Å². The predicted octanol–water partition coefficient (Wildman–Crippen LogP) is 2.56. The molecule has 0 aliphatic carbocycles. The third-order valence-electron chi connectivity index (χ3n) is 3.28. The van der Waals surface area contributed by atoms with Gasteiger partial charge in [0.25, 0.3) is 0 Å². The number of aliphatic hydroxyl groups excluding tert-OH is 1. The molecule has 5 nitrogen and oxygen atoms in total. The van der Waals surface area contributed by atoms with Gasteiger partial charge in [-0.2, -0.15) is 0 Å². The van der Waals surface area contributed by atoms with Gasteiger partial charge in [-0.3, -0.25) is 9.78 Å². The van der Waals surface area contributed by atoms with Crippen molar-refractivity contribution in [3.8, 4) is 5.75 Å². The lowest BCUT2D eigenvalue weighted by molar-refractivity contribution is -0.116. The lowest BCUT2D eigenvalue weighted by Gasteiger charge is -2.06. The molecule has 2 rings (SSSR count). The number of carbonyl (C=O) groups excluding carboxylic acids is 1. The molecule has 0 saturated heterocycles. The molecule has 126 valence electrons. The summed E-state index contributed by atoms with van der Waals surface area (Å²) in [6, 6.07) is 13.2. The monoisotopic (exact) mass is 326 g/mol. The molecule has 1 unspecified atom stereocenters. The Morgan fingerprint density at radius 2 is 2.08 bits per heavy atom. The molecule has 1 amide bonds. The molecular weight excluding hydrogens is 304 g/mol. The van der Waals surface area contributed by atoms with Crippen LogP contribution < -0.4 is 10.1 Å². The van der Waals surface area contributed by atoms with E-state index in [2.05, 4.69) is 10.3 Å². The van der Waals surface area contributed by atoms with Gasteiger partial charge in [-0.25, -0.2) is 0 Å². The van der Waals surface area contributed by atoms with E-state index in [0.29, 0.717) is 19.6 Å². The number of benzene rings is 1. The van der Waals surface area contributed by atoms with Crippen molar-refractivity contribution in [1.82, 2.24) is 10.3 Å². The SMILES string of the molecule is CC(O)CCNC(=O)C=Cc1ccc(OCc2ccccn2)cc1. The van der Waals surface area contributed by atoms with Crippen LogP contribution in [0.3, 0.4) is 0 Å². The van der Waals surface area contributed by atoms with Crippen molar-refractivity contribution >= 4 is 12.0 Å². The van der Waals surface area contributed by atoms with Gasteiger partial charge in [0.1, 0.15) is 12.4 Å². The van der Waals surface area contributed by atoms with E-state index in [1.165, 1.54) is 6.08 Å². The molecule has 0 aliphatic rings. The van der Waals surface area contributed by atoms with Crippen LogP contribution in [0.15, 0.2) is 54.7 Å². The molecule has 0 spiro atoms. The minimum Gasteiger partial charge on any atom is -0.487 e. The number of ether oxygens (including phenoxy) is 1. The first-order valence-corrected chi connectivity index (χ1v) is 7.90. The third kappa shape index (κ3) is 6.62. The Morgan fingerprint density at radius 3 is 2.75 bits per heavy atom. The van der Waals surface area contributed by atoms with E-state index in [1.807, 2.05) is 42.5 Å². The van der Waals surface area contributed by atoms with Crippen molar-refractivity contribution in [2.75, 3.05) is 6.54 Å². The molecule has 0 fully saturated rings. The summed E-state index contributed by atoms with van der Waals surface area (Å²) >= 11 is 0. The molecule has 0 aliphatic heterocycles. The maximum atomic E-state index is 11.6. The van der Waals surface area contributed by atoms with Crippen LogP contribution in [0.4, 0.5) is 0 Å². The van der Waals surface area contributed by atoms with E-state index >= 15 is 0 Å². The Labute approximate surface area is 142 Å². The molecule has 1 atom stereocenters. The van der Waals surface area contributed by atoms with Crippen molar-refractivity contribution in [1.29, 1.82) is 0 Å². The zero-order valence-electron chi connectivity index (χ0n) is 13.7. The second kappa shape index (κ2) is 9.47. The van der Waals surface area contributed by atoms with Gasteiger partial charge in [-0.05, 0) is 49.2 Å². The summed E-state index contributed by atoms with van der Waals surface area (Å²) in [5.41, 5.74) is 1.78. The van der Waals surface area contributed by atoms with Gasteiger partial charge < -0.3 is 15.2 Å². The van der Waals surface area contributed by atoms with Gasteiger partial charge in [0.05, 0.1) is 11.8 Å². The molecule has 2 aromatic rings. The predicted molar refractivity (Wildman–Crippen MR) is 93.4 cm³/mol. The minimum absolute atomic E-state index is 0.175. The Balaban J connectivity index is 1.79. The number of amides is 1. The number of rotatable bonds is 8. The lowest BCUT2D eigenvalue weighted by Crippen LogP contribution is -2.24. The zero-order valence-corrected chi connectivity index (χ0v) is 13.7. The Bertz CT molecular complexity index is 652. The molecule has 0 saturated carbocycles. The normalized spacial score (nSPS) is 12.1. The standard InChI is InChI=1S/C19H22N2O3/c1-15(22)11-13-21-19(23)10-7-16-5-8-18(9-6-16)24-14-17-4-2-3-12-20-17/h2-10,12,15,22H,11,13-14H2,1H3,(H,21,23). The Hall–Kier alpha value is -2.66. The fourth-order valence-corrected chi connectivity index (χ4v) is 1.95. The van der Waals surface area contributed by atoms with Crippen LogP contribution in [0.1, 0.15) is 24.6 Å². The molecule has 1 aromatic heterocycles. The summed E-state index contributed by atoms with van der Waals surface area (Å²) in [5, 5.41) is 11.8. The van der Waals surface area contributed by atoms with E-state index in [4.69, 9.17) is 9.84 Å². The second-order valence-corrected chi connectivity index (χ2v) is 5.44. The van der Waals surface area contributed by atoms with Gasteiger partial charge in [-0.15, -0.1) is 0 Å². The molecular formula is C19H22N2O3. The molecule has 2 N–H and O–H groups in total. The third-order valence-corrected chi connectivity index (χ3v) is 3.28. The first-order chi connectivity index (χ1) is 11.6. The summed E-state index contributed by atoms with van der Waals surface area (Å²) in [7, 11) is 0. The van der Waals surface area contributed by atoms with E-state index < -0.39 is 6.10 Å². The topological polar surface area (TPSA) is 71.5 Å². The Morgan fingerprint density at radius 1 is 1.29 bits per heavy atom. The first-order valence-electron chi connectivity index (χ1n) is 7.90. The smallest absolute Gasteiger partial charge is 0.244 e. The van der Waals surface area contributed by atoms with Gasteiger partial charge in [0, 0.05) is 18.8 Å². The Kier molecular flexibility index (Phi) is 6.98. The van der Waals surface area contributed by atoms with Crippen molar-refractivity contribution in [2.45, 2.75) is 26.1 Å². The summed E-state index contributed by atoms with van der Waals surface area (Å²) in [6.07, 6.45) is 5.08. The van der Waals surface area contributed by atoms with Crippen LogP contribution in [0.25, 0.3) is 6.08 Å². The van der Waals surface area contributed by atoms with Gasteiger partial charge >= 0.3 is 0 Å². The van der Waals surface area contributed by atoms with Crippen LogP contribution in [0.2, 0.25) is 0 Å². The highest BCUT2D eigenvalue weighted by atomic mass is 16.5. The molecule has 1 heterocycles. The van der Waals surface area contributed by atoms with E-state index in [1.54, 1.807) is 19.2 Å². The van der Waals surface area contributed by atoms with E-state index in [9.17, 15) is 4.79 Å². The quantitative estimate of drug-likeness (QED) is 0.731. The number of aromatic nitrogens is 1. The average molecular weight is 326 g/mol. The van der Waals surface area contributed by atoms with E-state index in [-0.39, 0.29) is 5.91 Å². The summed E-state index contributed by atoms with van der Waals surface area (Å²) in [5.74, 6) is 0.574. The van der Waals surface area contributed by atoms with Crippen molar-refractivity contribution in [3.63, 3.8) is 0 Å². The number of pyridine rings is 1. The molecule has 24 heavy (non-hydrogen) atoms. The highest BCUT2D eigenvalue weighted by molar-refractivity contribution is 5.91. The van der Waals surface area contributed by atoms with Crippen molar-refractivity contribution < 1.29 is 14.6 Å². The summed E-state index contributed by atoms with van der Waals surface area (Å²) < 4.78 is 5.66. The number of hydrogen-bond acceptors (Lipinski definition) is 4. The summed E-state index contributed by atoms with van der Waals surface area (Å²) in [6.45, 7) is 2.57. The van der Waals surface area contributed by atoms with Gasteiger partial charge in [-0.1, -0.05) is 18.2 Å². The lowest BCUT2D eigenvalue weighted by atomic mass is 10.2. The number of carbonyl (C=O) groups is 1. The second-order valence-electron chi connectivity index (χ2n) is 5.44. The van der Waals surface area contributed by atoms with Crippen LogP contribution in [-0.4, -0.2) is 28.6 Å². The number of nitrogens with one attached hydrogen (secondary N) is 1. The molecule has 5 heteroatoms. The number of nitrogens with zero attached hydrogens (tertiary/aromatic N) is 1. The molecule has 1 aromatic carbocycles. The first kappa shape index (κ1) is 17.7. The number of hydrogen-bond donors (Lipinski definition) is 2. The van der Waals surface area contributed by atoms with Gasteiger partial charge in [0.2, 0.25) is 5.91 Å². The highest BCUT2D eigenvalue weighted by Crippen LogP contribution is 2.14. The highest BCUT2D eigenvalue weighted by Gasteiger charge is 1.99. The zero-order chi connectivity index (χ0) is 17.2. The maximum Gasteiger partial charge on any atom is 0.244 e. The fraction of sp³-hybridized carbons (Fsp3) is 0.263. The van der Waals surface area contributed by atoms with Crippen LogP contribution in [0, 0.1) is 0 Å². The van der Waals surface area contributed by atoms with Gasteiger partial charge in [0.15, 0.2) is 0 Å². The minimum atomic E-state index is -0.409.